The highest BCUT2D eigenvalue weighted by Gasteiger charge is 2.33. The molecule has 0 aromatic carbocycles. The highest BCUT2D eigenvalue weighted by atomic mass is 16.4. The SMILES string of the molecule is O=C(O)CC(NC(=O)CN1CC[C@H](CCc2ccc3c(n2)NCCC3)C1=O)c1cccnc1. The van der Waals surface area contributed by atoms with Gasteiger partial charge in [0.05, 0.1) is 19.0 Å². The van der Waals surface area contributed by atoms with Gasteiger partial charge in [-0.1, -0.05) is 12.1 Å². The summed E-state index contributed by atoms with van der Waals surface area (Å²) in [6.45, 7) is 1.38. The van der Waals surface area contributed by atoms with E-state index in [1.807, 2.05) is 6.07 Å². The highest BCUT2D eigenvalue weighted by molar-refractivity contribution is 5.87. The van der Waals surface area contributed by atoms with Gasteiger partial charge in [0.1, 0.15) is 5.82 Å². The molecule has 33 heavy (non-hydrogen) atoms. The molecule has 4 heterocycles. The number of aliphatic carboxylic acids is 1. The number of anilines is 1. The van der Waals surface area contributed by atoms with Crippen molar-refractivity contribution < 1.29 is 19.5 Å². The predicted molar refractivity (Wildman–Crippen MR) is 121 cm³/mol. The molecule has 4 rings (SSSR count). The smallest absolute Gasteiger partial charge is 0.305 e. The molecule has 0 saturated carbocycles. The molecule has 174 valence electrons. The summed E-state index contributed by atoms with van der Waals surface area (Å²) in [5.74, 6) is -0.595. The number of carboxylic acid groups (broad SMARTS) is 1. The van der Waals surface area contributed by atoms with Gasteiger partial charge in [0.2, 0.25) is 11.8 Å². The third-order valence-corrected chi connectivity index (χ3v) is 6.24. The number of hydrogen-bond acceptors (Lipinski definition) is 6. The van der Waals surface area contributed by atoms with E-state index in [9.17, 15) is 19.5 Å². The summed E-state index contributed by atoms with van der Waals surface area (Å²) in [5.41, 5.74) is 2.83. The number of pyridine rings is 2. The first-order chi connectivity index (χ1) is 16.0. The fraction of sp³-hybridized carbons (Fsp3) is 0.458. The number of rotatable bonds is 9. The summed E-state index contributed by atoms with van der Waals surface area (Å²) in [7, 11) is 0. The first-order valence-electron chi connectivity index (χ1n) is 11.4. The minimum absolute atomic E-state index is 0.0302. The van der Waals surface area contributed by atoms with Gasteiger partial charge in [0.25, 0.3) is 0 Å². The molecule has 1 fully saturated rings. The lowest BCUT2D eigenvalue weighted by atomic mass is 9.99. The second-order valence-electron chi connectivity index (χ2n) is 8.63. The van der Waals surface area contributed by atoms with Gasteiger partial charge in [0, 0.05) is 37.1 Å². The standard InChI is InChI=1S/C24H29N5O4/c30-21(28-20(13-22(31)32)18-4-1-10-25-14-18)15-29-12-9-17(24(29)33)6-8-19-7-5-16-3-2-11-26-23(16)27-19/h1,4-5,7,10,14,17,20H,2-3,6,8-9,11-13,15H2,(H,26,27)(H,28,30)(H,31,32)/t17-,20?/m0/s1. The highest BCUT2D eigenvalue weighted by Crippen LogP contribution is 2.25. The van der Waals surface area contributed by atoms with E-state index in [1.165, 1.54) is 11.8 Å². The molecule has 9 nitrogen and oxygen atoms in total. The van der Waals surface area contributed by atoms with Gasteiger partial charge >= 0.3 is 5.97 Å². The van der Waals surface area contributed by atoms with Gasteiger partial charge in [-0.3, -0.25) is 19.4 Å². The van der Waals surface area contributed by atoms with Crippen LogP contribution >= 0.6 is 0 Å². The number of nitrogens with zero attached hydrogens (tertiary/aromatic N) is 3. The van der Waals surface area contributed by atoms with E-state index in [-0.39, 0.29) is 30.7 Å². The second-order valence-corrected chi connectivity index (χ2v) is 8.63. The van der Waals surface area contributed by atoms with E-state index in [0.717, 1.165) is 30.9 Å². The van der Waals surface area contributed by atoms with Crippen LogP contribution in [-0.4, -0.2) is 57.4 Å². The zero-order chi connectivity index (χ0) is 23.2. The van der Waals surface area contributed by atoms with Crippen LogP contribution < -0.4 is 10.6 Å². The number of aryl methyl sites for hydroxylation is 2. The number of hydrogen-bond donors (Lipinski definition) is 3. The number of carboxylic acids is 1. The van der Waals surface area contributed by atoms with E-state index in [2.05, 4.69) is 21.7 Å². The monoisotopic (exact) mass is 451 g/mol. The van der Waals surface area contributed by atoms with Crippen molar-refractivity contribution in [2.45, 2.75) is 44.6 Å². The summed E-state index contributed by atoms with van der Waals surface area (Å²) in [4.78, 5) is 46.9. The molecule has 2 amide bonds. The molecular weight excluding hydrogens is 422 g/mol. The Morgan fingerprint density at radius 2 is 2.18 bits per heavy atom. The van der Waals surface area contributed by atoms with E-state index in [1.54, 1.807) is 23.2 Å². The molecule has 3 N–H and O–H groups in total. The Kier molecular flexibility index (Phi) is 7.16. The Hall–Kier alpha value is -3.49. The number of carbonyl (C=O) groups excluding carboxylic acids is 2. The van der Waals surface area contributed by atoms with Crippen LogP contribution in [0.5, 0.6) is 0 Å². The third kappa shape index (κ3) is 5.85. The zero-order valence-electron chi connectivity index (χ0n) is 18.5. The molecule has 2 atom stereocenters. The number of aromatic nitrogens is 2. The van der Waals surface area contributed by atoms with Crippen molar-refractivity contribution in [3.8, 4) is 0 Å². The van der Waals surface area contributed by atoms with Crippen LogP contribution in [0.2, 0.25) is 0 Å². The fourth-order valence-corrected chi connectivity index (χ4v) is 4.48. The fourth-order valence-electron chi connectivity index (χ4n) is 4.48. The summed E-state index contributed by atoms with van der Waals surface area (Å²) in [5, 5.41) is 15.3. The van der Waals surface area contributed by atoms with E-state index >= 15 is 0 Å². The number of nitrogens with one attached hydrogen (secondary N) is 2. The largest absolute Gasteiger partial charge is 0.481 e. The van der Waals surface area contributed by atoms with Crippen LogP contribution in [-0.2, 0) is 27.2 Å². The van der Waals surface area contributed by atoms with E-state index in [0.29, 0.717) is 31.4 Å². The maximum Gasteiger partial charge on any atom is 0.305 e. The molecule has 0 radical (unpaired) electrons. The van der Waals surface area contributed by atoms with Crippen molar-refractivity contribution in [1.29, 1.82) is 0 Å². The van der Waals surface area contributed by atoms with Gasteiger partial charge < -0.3 is 20.6 Å². The van der Waals surface area contributed by atoms with Gasteiger partial charge in [-0.25, -0.2) is 4.98 Å². The Labute approximate surface area is 192 Å². The van der Waals surface area contributed by atoms with E-state index in [4.69, 9.17) is 4.98 Å². The van der Waals surface area contributed by atoms with Crippen molar-refractivity contribution in [2.75, 3.05) is 25.0 Å². The Bertz CT molecular complexity index is 1010. The summed E-state index contributed by atoms with van der Waals surface area (Å²) in [6, 6.07) is 6.88. The Balaban J connectivity index is 1.29. The lowest BCUT2D eigenvalue weighted by Gasteiger charge is -2.21. The Morgan fingerprint density at radius 3 is 2.97 bits per heavy atom. The first kappa shape index (κ1) is 22.7. The molecule has 1 saturated heterocycles. The van der Waals surface area contributed by atoms with Gasteiger partial charge in [-0.2, -0.15) is 0 Å². The summed E-state index contributed by atoms with van der Waals surface area (Å²) in [6.07, 6.45) is 7.15. The minimum atomic E-state index is -1.02. The van der Waals surface area contributed by atoms with Crippen LogP contribution in [0, 0.1) is 5.92 Å². The first-order valence-corrected chi connectivity index (χ1v) is 11.4. The van der Waals surface area contributed by atoms with E-state index < -0.39 is 12.0 Å². The number of fused-ring (bicyclic) bond motifs is 1. The molecule has 2 aromatic heterocycles. The summed E-state index contributed by atoms with van der Waals surface area (Å²) < 4.78 is 0. The van der Waals surface area contributed by atoms with Crippen LogP contribution in [0.4, 0.5) is 5.82 Å². The van der Waals surface area contributed by atoms with Crippen LogP contribution in [0.25, 0.3) is 0 Å². The normalized spacial score (nSPS) is 18.4. The lowest BCUT2D eigenvalue weighted by Crippen LogP contribution is -2.40. The van der Waals surface area contributed by atoms with Crippen molar-refractivity contribution in [3.05, 3.63) is 53.5 Å². The molecule has 0 aliphatic carbocycles. The Morgan fingerprint density at radius 1 is 1.30 bits per heavy atom. The average Bonchev–Trinajstić information content (AvgIpc) is 3.16. The molecule has 0 bridgehead atoms. The maximum atomic E-state index is 12.8. The molecule has 2 aliphatic heterocycles. The maximum absolute atomic E-state index is 12.8. The lowest BCUT2D eigenvalue weighted by molar-refractivity contribution is -0.138. The summed E-state index contributed by atoms with van der Waals surface area (Å²) >= 11 is 0. The molecule has 2 aliphatic rings. The molecular formula is C24H29N5O4. The number of carbonyl (C=O) groups is 3. The van der Waals surface area contributed by atoms with Gasteiger partial charge in [-0.15, -0.1) is 0 Å². The van der Waals surface area contributed by atoms with Crippen LogP contribution in [0.1, 0.15) is 48.5 Å². The van der Waals surface area contributed by atoms with Crippen molar-refractivity contribution in [3.63, 3.8) is 0 Å². The average molecular weight is 452 g/mol. The van der Waals surface area contributed by atoms with Crippen molar-refractivity contribution >= 4 is 23.6 Å². The third-order valence-electron chi connectivity index (χ3n) is 6.24. The van der Waals surface area contributed by atoms with Crippen molar-refractivity contribution in [2.24, 2.45) is 5.92 Å². The molecule has 0 spiro atoms. The quantitative estimate of drug-likeness (QED) is 0.532. The minimum Gasteiger partial charge on any atom is -0.481 e. The van der Waals surface area contributed by atoms with Gasteiger partial charge in [0.15, 0.2) is 0 Å². The number of amides is 2. The van der Waals surface area contributed by atoms with Crippen LogP contribution in [0.3, 0.4) is 0 Å². The number of likely N-dealkylation sites (tertiary alicyclic amines) is 1. The molecule has 2 aromatic rings. The van der Waals surface area contributed by atoms with Crippen molar-refractivity contribution in [1.82, 2.24) is 20.2 Å². The second kappa shape index (κ2) is 10.4. The molecule has 1 unspecified atom stereocenters. The molecule has 9 heteroatoms. The van der Waals surface area contributed by atoms with Crippen LogP contribution in [0.15, 0.2) is 36.7 Å². The predicted octanol–water partition coefficient (Wildman–Crippen LogP) is 1.95. The van der Waals surface area contributed by atoms with Gasteiger partial charge in [-0.05, 0) is 55.4 Å². The topological polar surface area (TPSA) is 125 Å². The zero-order valence-corrected chi connectivity index (χ0v) is 18.5.